The number of nitrogens with zero attached hydrogens (tertiary/aromatic N) is 5. The summed E-state index contributed by atoms with van der Waals surface area (Å²) in [4.78, 5) is 6.94. The molecule has 150 valence electrons. The topological polar surface area (TPSA) is 70.4 Å². The van der Waals surface area contributed by atoms with Crippen molar-refractivity contribution in [1.29, 1.82) is 0 Å². The molecule has 2 aliphatic heterocycles. The molecule has 0 atom stereocenters. The van der Waals surface area contributed by atoms with Crippen LogP contribution in [0.2, 0.25) is 0 Å². The van der Waals surface area contributed by atoms with Gasteiger partial charge in [0.15, 0.2) is 11.8 Å². The third kappa shape index (κ3) is 4.70. The van der Waals surface area contributed by atoms with Gasteiger partial charge in [0.25, 0.3) is 0 Å². The summed E-state index contributed by atoms with van der Waals surface area (Å²) >= 11 is 0. The smallest absolute Gasteiger partial charge is 0.191 e. The van der Waals surface area contributed by atoms with Gasteiger partial charge in [0.2, 0.25) is 0 Å². The van der Waals surface area contributed by atoms with Gasteiger partial charge in [0.05, 0.1) is 6.54 Å². The first kappa shape index (κ1) is 18.9. The molecule has 28 heavy (non-hydrogen) atoms. The van der Waals surface area contributed by atoms with E-state index in [4.69, 9.17) is 0 Å². The molecular formula is C21H31N7. The van der Waals surface area contributed by atoms with Crippen LogP contribution in [0.5, 0.6) is 0 Å². The molecule has 2 aromatic rings. The van der Waals surface area contributed by atoms with Crippen molar-refractivity contribution in [2.45, 2.75) is 57.8 Å². The predicted octanol–water partition coefficient (Wildman–Crippen LogP) is 1.94. The van der Waals surface area contributed by atoms with Crippen LogP contribution in [-0.4, -0.2) is 51.8 Å². The predicted molar refractivity (Wildman–Crippen MR) is 111 cm³/mol. The van der Waals surface area contributed by atoms with Gasteiger partial charge in [0.1, 0.15) is 5.82 Å². The number of aliphatic imine (C=N–C) groups is 1. The molecular weight excluding hydrogens is 350 g/mol. The number of piperidine rings is 1. The summed E-state index contributed by atoms with van der Waals surface area (Å²) < 4.78 is 2.26. The molecule has 4 rings (SSSR count). The highest BCUT2D eigenvalue weighted by molar-refractivity contribution is 5.79. The van der Waals surface area contributed by atoms with Crippen LogP contribution in [0.4, 0.5) is 0 Å². The average Bonchev–Trinajstić information content (AvgIpc) is 3.16. The Labute approximate surface area is 167 Å². The molecule has 0 aliphatic carbocycles. The van der Waals surface area contributed by atoms with Crippen LogP contribution in [0.3, 0.4) is 0 Å². The van der Waals surface area contributed by atoms with Gasteiger partial charge < -0.3 is 15.2 Å². The summed E-state index contributed by atoms with van der Waals surface area (Å²) in [5.74, 6) is 2.99. The number of nitrogens with one attached hydrogen (secondary N) is 2. The van der Waals surface area contributed by atoms with E-state index in [-0.39, 0.29) is 0 Å². The van der Waals surface area contributed by atoms with Gasteiger partial charge in [-0.25, -0.2) is 0 Å². The van der Waals surface area contributed by atoms with Gasteiger partial charge in [-0.15, -0.1) is 10.2 Å². The maximum absolute atomic E-state index is 4.40. The molecule has 0 radical (unpaired) electrons. The Morgan fingerprint density at radius 1 is 1.11 bits per heavy atom. The van der Waals surface area contributed by atoms with Crippen LogP contribution in [0.15, 0.2) is 35.3 Å². The quantitative estimate of drug-likeness (QED) is 0.612. The molecule has 7 nitrogen and oxygen atoms in total. The van der Waals surface area contributed by atoms with E-state index in [1.165, 1.54) is 18.4 Å². The third-order valence-electron chi connectivity index (χ3n) is 5.75. The number of guanidine groups is 1. The minimum absolute atomic E-state index is 0.463. The monoisotopic (exact) mass is 381 g/mol. The highest BCUT2D eigenvalue weighted by atomic mass is 15.3. The van der Waals surface area contributed by atoms with Crippen molar-refractivity contribution < 1.29 is 0 Å². The number of benzene rings is 1. The zero-order valence-electron chi connectivity index (χ0n) is 16.8. The number of likely N-dealkylation sites (tertiary alicyclic amines) is 1. The second kappa shape index (κ2) is 9.19. The molecule has 0 spiro atoms. The van der Waals surface area contributed by atoms with E-state index >= 15 is 0 Å². The lowest BCUT2D eigenvalue weighted by Crippen LogP contribution is -2.48. The third-order valence-corrected chi connectivity index (χ3v) is 5.75. The Morgan fingerprint density at radius 3 is 2.71 bits per heavy atom. The fourth-order valence-electron chi connectivity index (χ4n) is 4.13. The van der Waals surface area contributed by atoms with Crippen molar-refractivity contribution in [2.75, 3.05) is 20.1 Å². The zero-order chi connectivity index (χ0) is 19.2. The molecule has 0 unspecified atom stereocenters. The number of hydrogen-bond donors (Lipinski definition) is 2. The molecule has 1 aromatic heterocycles. The molecule has 1 saturated heterocycles. The van der Waals surface area contributed by atoms with Crippen molar-refractivity contribution in [3.8, 4) is 0 Å². The molecule has 3 heterocycles. The lowest BCUT2D eigenvalue weighted by atomic mass is 10.0. The molecule has 0 amide bonds. The molecule has 1 fully saturated rings. The molecule has 0 saturated carbocycles. The van der Waals surface area contributed by atoms with E-state index in [0.29, 0.717) is 12.6 Å². The number of hydrogen-bond acceptors (Lipinski definition) is 4. The Bertz CT molecular complexity index is 775. The van der Waals surface area contributed by atoms with Crippen molar-refractivity contribution in [3.05, 3.63) is 47.5 Å². The maximum atomic E-state index is 4.40. The van der Waals surface area contributed by atoms with E-state index in [1.54, 1.807) is 0 Å². The largest absolute Gasteiger partial charge is 0.354 e. The minimum Gasteiger partial charge on any atom is -0.354 e. The normalized spacial score (nSPS) is 18.7. The summed E-state index contributed by atoms with van der Waals surface area (Å²) in [5.41, 5.74) is 1.39. The lowest BCUT2D eigenvalue weighted by Gasteiger charge is -2.33. The molecule has 0 bridgehead atoms. The second-order valence-electron chi connectivity index (χ2n) is 7.75. The highest BCUT2D eigenvalue weighted by Crippen LogP contribution is 2.15. The molecule has 2 N–H and O–H groups in total. The Morgan fingerprint density at radius 2 is 1.93 bits per heavy atom. The van der Waals surface area contributed by atoms with Crippen LogP contribution in [0, 0.1) is 0 Å². The van der Waals surface area contributed by atoms with Crippen LogP contribution in [0.1, 0.15) is 42.9 Å². The standard InChI is InChI=1S/C21H31N7/c1-22-21(23-15-20-26-25-19-9-5-6-12-28(19)20)24-18-10-13-27(14-11-18)16-17-7-3-2-4-8-17/h2-4,7-8,18H,5-6,9-16H2,1H3,(H2,22,23,24). The van der Waals surface area contributed by atoms with Crippen molar-refractivity contribution in [1.82, 2.24) is 30.3 Å². The Kier molecular flexibility index (Phi) is 6.21. The van der Waals surface area contributed by atoms with Crippen LogP contribution < -0.4 is 10.6 Å². The van der Waals surface area contributed by atoms with Crippen molar-refractivity contribution in [3.63, 3.8) is 0 Å². The zero-order valence-corrected chi connectivity index (χ0v) is 16.8. The first-order valence-electron chi connectivity index (χ1n) is 10.5. The summed E-state index contributed by atoms with van der Waals surface area (Å²) in [5, 5.41) is 15.7. The van der Waals surface area contributed by atoms with E-state index in [9.17, 15) is 0 Å². The van der Waals surface area contributed by atoms with Crippen molar-refractivity contribution in [2.24, 2.45) is 4.99 Å². The van der Waals surface area contributed by atoms with E-state index in [0.717, 1.165) is 63.0 Å². The first-order chi connectivity index (χ1) is 13.8. The van der Waals surface area contributed by atoms with Gasteiger partial charge in [-0.05, 0) is 31.2 Å². The minimum atomic E-state index is 0.463. The summed E-state index contributed by atoms with van der Waals surface area (Å²) in [6, 6.07) is 11.2. The molecule has 2 aliphatic rings. The van der Waals surface area contributed by atoms with Crippen LogP contribution >= 0.6 is 0 Å². The number of aryl methyl sites for hydroxylation is 1. The van der Waals surface area contributed by atoms with E-state index < -0.39 is 0 Å². The summed E-state index contributed by atoms with van der Waals surface area (Å²) in [6.45, 7) is 4.96. The number of fused-ring (bicyclic) bond motifs is 1. The number of rotatable bonds is 5. The van der Waals surface area contributed by atoms with E-state index in [1.807, 2.05) is 7.05 Å². The summed E-state index contributed by atoms with van der Waals surface area (Å²) in [7, 11) is 1.83. The Balaban J connectivity index is 1.23. The van der Waals surface area contributed by atoms with Crippen LogP contribution in [-0.2, 0) is 26.1 Å². The maximum Gasteiger partial charge on any atom is 0.191 e. The first-order valence-corrected chi connectivity index (χ1v) is 10.5. The average molecular weight is 382 g/mol. The van der Waals surface area contributed by atoms with Crippen LogP contribution in [0.25, 0.3) is 0 Å². The molecule has 1 aromatic carbocycles. The van der Waals surface area contributed by atoms with Gasteiger partial charge in [-0.3, -0.25) is 9.89 Å². The summed E-state index contributed by atoms with van der Waals surface area (Å²) in [6.07, 6.45) is 5.74. The van der Waals surface area contributed by atoms with Crippen molar-refractivity contribution >= 4 is 5.96 Å². The Hall–Kier alpha value is -2.41. The van der Waals surface area contributed by atoms with Gasteiger partial charge in [0, 0.05) is 45.7 Å². The fourth-order valence-corrected chi connectivity index (χ4v) is 4.13. The molecule has 7 heteroatoms. The second-order valence-corrected chi connectivity index (χ2v) is 7.75. The SMILES string of the molecule is CN=C(NCc1nnc2n1CCCC2)NC1CCN(Cc2ccccc2)CC1. The highest BCUT2D eigenvalue weighted by Gasteiger charge is 2.21. The van der Waals surface area contributed by atoms with Gasteiger partial charge in [-0.2, -0.15) is 0 Å². The van der Waals surface area contributed by atoms with Gasteiger partial charge in [-0.1, -0.05) is 30.3 Å². The fraction of sp³-hybridized carbons (Fsp3) is 0.571. The lowest BCUT2D eigenvalue weighted by molar-refractivity contribution is 0.198. The van der Waals surface area contributed by atoms with E-state index in [2.05, 4.69) is 65.6 Å². The van der Waals surface area contributed by atoms with Gasteiger partial charge >= 0.3 is 0 Å². The number of aromatic nitrogens is 3.